The first-order chi connectivity index (χ1) is 21.9. The largest absolute Gasteiger partial charge is 0.478 e. The Morgan fingerprint density at radius 3 is 2.13 bits per heavy atom. The van der Waals surface area contributed by atoms with E-state index >= 15 is 0 Å². The van der Waals surface area contributed by atoms with Crippen LogP contribution in [-0.4, -0.2) is 92.4 Å². The van der Waals surface area contributed by atoms with Gasteiger partial charge in [-0.3, -0.25) is 9.96 Å². The number of nitrogen functional groups attached to an aromatic ring is 1. The molecule has 0 fully saturated rings. The maximum Gasteiger partial charge on any atom is 0.336 e. The topological polar surface area (TPSA) is 238 Å². The molecule has 0 atom stereocenters. The van der Waals surface area contributed by atoms with E-state index in [0.717, 1.165) is 6.07 Å². The van der Waals surface area contributed by atoms with Gasteiger partial charge in [-0.25, -0.2) is 17.9 Å². The van der Waals surface area contributed by atoms with Crippen LogP contribution in [0.15, 0.2) is 62.7 Å². The molecule has 2 aromatic carbocycles. The van der Waals surface area contributed by atoms with Gasteiger partial charge in [-0.05, 0) is 35.9 Å². The Balaban J connectivity index is 1.71. The predicted molar refractivity (Wildman–Crippen MR) is 165 cm³/mol. The van der Waals surface area contributed by atoms with Gasteiger partial charge >= 0.3 is 5.97 Å². The molecule has 2 aromatic rings. The number of sulfonamides is 1. The molecule has 17 heteroatoms. The second-order valence-electron chi connectivity index (χ2n) is 9.71. The molecule has 1 aliphatic heterocycles. The summed E-state index contributed by atoms with van der Waals surface area (Å²) in [6, 6.07) is 10.9. The maximum absolute atomic E-state index is 13.6. The van der Waals surface area contributed by atoms with Gasteiger partial charge in [0.1, 0.15) is 4.90 Å². The quantitative estimate of drug-likeness (QED) is 0.0466. The van der Waals surface area contributed by atoms with Gasteiger partial charge in [0, 0.05) is 30.2 Å². The monoisotopic (exact) mass is 679 g/mol. The molecule has 1 heterocycles. The number of nitrogens with one attached hydrogen (secondary N) is 2. The van der Waals surface area contributed by atoms with Crippen molar-refractivity contribution >= 4 is 42.8 Å². The van der Waals surface area contributed by atoms with Crippen molar-refractivity contribution in [2.24, 2.45) is 0 Å². The molecule has 15 nitrogen and oxygen atoms in total. The molecule has 0 saturated heterocycles. The number of anilines is 1. The minimum atomic E-state index is -5.08. The number of methoxy groups -OCH3 is 1. The van der Waals surface area contributed by atoms with Gasteiger partial charge in [-0.15, -0.1) is 0 Å². The number of rotatable bonds is 17. The average Bonchev–Trinajstić information content (AvgIpc) is 2.99. The zero-order chi connectivity index (χ0) is 33.5. The number of nitrogens with two attached hydrogens (primary N) is 1. The summed E-state index contributed by atoms with van der Waals surface area (Å²) in [4.78, 5) is 10.7. The number of carboxylic acid groups (broad SMARTS) is 1. The number of benzene rings is 3. The van der Waals surface area contributed by atoms with Crippen molar-refractivity contribution < 1.29 is 54.7 Å². The second kappa shape index (κ2) is 15.1. The average molecular weight is 680 g/mol. The molecule has 0 saturated carbocycles. The van der Waals surface area contributed by atoms with Crippen LogP contribution in [0, 0.1) is 5.41 Å². The number of ether oxygens (including phenoxy) is 4. The highest BCUT2D eigenvalue weighted by atomic mass is 32.2. The molecule has 0 unspecified atom stereocenters. The standard InChI is InChI=1S/C29H33N3O12S2/c1-40-12-13-42-16-17-43-15-14-41-11-10-32-45(35,36)27-22(30)8-6-20-24(18-4-2-3-5-19(18)29(33)34)21-7-9-23(31)28(46(37,38)39)26(21)44-25(20)27/h2-9,31-32H,10-17,30H2,1H3,(H,33,34)(H,37,38,39). The highest BCUT2D eigenvalue weighted by molar-refractivity contribution is 7.90. The molecule has 0 spiro atoms. The fraction of sp³-hybridized carbons (Fsp3) is 0.310. The third-order valence-corrected chi connectivity index (χ3v) is 9.13. The lowest BCUT2D eigenvalue weighted by molar-refractivity contribution is 0.00445. The summed E-state index contributed by atoms with van der Waals surface area (Å²) in [5.41, 5.74) is 5.44. The van der Waals surface area contributed by atoms with E-state index in [4.69, 9.17) is 34.5 Å². The van der Waals surface area contributed by atoms with E-state index in [1.165, 1.54) is 36.4 Å². The SMILES string of the molecule is COCCOCCOCCOCCNS(=O)(=O)c1c(N)ccc2c(-c3ccccc3C(=O)O)c3ccc(=N)c(S(=O)(=O)O)c-3oc12. The van der Waals surface area contributed by atoms with E-state index < -0.39 is 52.6 Å². The van der Waals surface area contributed by atoms with Crippen LogP contribution < -0.4 is 15.8 Å². The maximum atomic E-state index is 13.6. The van der Waals surface area contributed by atoms with Crippen LogP contribution in [0.25, 0.3) is 33.4 Å². The van der Waals surface area contributed by atoms with Crippen LogP contribution in [0.1, 0.15) is 10.4 Å². The third-order valence-electron chi connectivity index (χ3n) is 6.67. The molecular formula is C29H33N3O12S2. The van der Waals surface area contributed by atoms with Gasteiger partial charge in [-0.2, -0.15) is 8.42 Å². The van der Waals surface area contributed by atoms with Crippen molar-refractivity contribution in [1.29, 1.82) is 5.41 Å². The lowest BCUT2D eigenvalue weighted by Crippen LogP contribution is -2.29. The first-order valence-electron chi connectivity index (χ1n) is 13.8. The highest BCUT2D eigenvalue weighted by Crippen LogP contribution is 2.45. The number of carboxylic acids is 1. The molecule has 4 rings (SSSR count). The Morgan fingerprint density at radius 2 is 1.50 bits per heavy atom. The molecular weight excluding hydrogens is 646 g/mol. The minimum absolute atomic E-state index is 0.00283. The molecule has 0 radical (unpaired) electrons. The van der Waals surface area contributed by atoms with Crippen LogP contribution in [0.5, 0.6) is 0 Å². The number of hydrogen-bond donors (Lipinski definition) is 5. The van der Waals surface area contributed by atoms with Crippen molar-refractivity contribution in [1.82, 2.24) is 4.72 Å². The zero-order valence-electron chi connectivity index (χ0n) is 24.6. The van der Waals surface area contributed by atoms with E-state index in [9.17, 15) is 31.3 Å². The molecule has 0 aromatic heterocycles. The van der Waals surface area contributed by atoms with Gasteiger partial charge < -0.3 is 34.2 Å². The van der Waals surface area contributed by atoms with E-state index in [-0.39, 0.29) is 59.7 Å². The van der Waals surface area contributed by atoms with Gasteiger partial charge in [-0.1, -0.05) is 18.2 Å². The number of fused-ring (bicyclic) bond motifs is 2. The molecule has 248 valence electrons. The van der Waals surface area contributed by atoms with Gasteiger partial charge in [0.15, 0.2) is 16.2 Å². The summed E-state index contributed by atoms with van der Waals surface area (Å²) >= 11 is 0. The van der Waals surface area contributed by atoms with Crippen LogP contribution in [0.3, 0.4) is 0 Å². The smallest absolute Gasteiger partial charge is 0.336 e. The molecule has 46 heavy (non-hydrogen) atoms. The van der Waals surface area contributed by atoms with Crippen molar-refractivity contribution in [2.75, 3.05) is 65.6 Å². The van der Waals surface area contributed by atoms with Gasteiger partial charge in [0.2, 0.25) is 10.0 Å². The van der Waals surface area contributed by atoms with Crippen molar-refractivity contribution in [3.63, 3.8) is 0 Å². The molecule has 0 bridgehead atoms. The van der Waals surface area contributed by atoms with E-state index in [1.807, 2.05) is 0 Å². The first kappa shape index (κ1) is 34.9. The Labute approximate surface area is 264 Å². The Kier molecular flexibility index (Phi) is 11.5. The van der Waals surface area contributed by atoms with E-state index in [0.29, 0.717) is 26.4 Å². The fourth-order valence-corrected chi connectivity index (χ4v) is 6.70. The normalized spacial score (nSPS) is 12.2. The first-order valence-corrected chi connectivity index (χ1v) is 16.7. The summed E-state index contributed by atoms with van der Waals surface area (Å²) in [7, 11) is -7.97. The lowest BCUT2D eigenvalue weighted by atomic mass is 9.90. The van der Waals surface area contributed by atoms with E-state index in [2.05, 4.69) is 4.72 Å². The van der Waals surface area contributed by atoms with E-state index in [1.54, 1.807) is 13.2 Å². The minimum Gasteiger partial charge on any atom is -0.478 e. The van der Waals surface area contributed by atoms with Crippen LogP contribution >= 0.6 is 0 Å². The summed E-state index contributed by atoms with van der Waals surface area (Å²) in [5.74, 6) is -1.87. The highest BCUT2D eigenvalue weighted by Gasteiger charge is 2.32. The van der Waals surface area contributed by atoms with Crippen molar-refractivity contribution in [2.45, 2.75) is 9.79 Å². The molecule has 6 N–H and O–H groups in total. The summed E-state index contributed by atoms with van der Waals surface area (Å²) in [6.07, 6.45) is 0. The molecule has 2 aliphatic rings. The van der Waals surface area contributed by atoms with Crippen molar-refractivity contribution in [3.8, 4) is 22.5 Å². The lowest BCUT2D eigenvalue weighted by Gasteiger charge is -2.20. The second-order valence-corrected chi connectivity index (χ2v) is 12.8. The Bertz CT molecular complexity index is 1960. The van der Waals surface area contributed by atoms with Gasteiger partial charge in [0.05, 0.1) is 62.9 Å². The number of aromatic carboxylic acids is 1. The number of hydrogen-bond acceptors (Lipinski definition) is 12. The van der Waals surface area contributed by atoms with Crippen molar-refractivity contribution in [3.05, 3.63) is 59.5 Å². The Morgan fingerprint density at radius 1 is 0.870 bits per heavy atom. The summed E-state index contributed by atoms with van der Waals surface area (Å²) in [5, 5.41) is 17.5. The predicted octanol–water partition coefficient (Wildman–Crippen LogP) is 2.19. The third kappa shape index (κ3) is 7.88. The number of carbonyl (C=O) groups is 1. The zero-order valence-corrected chi connectivity index (χ0v) is 26.3. The summed E-state index contributed by atoms with van der Waals surface area (Å²) < 4.78 is 91.2. The van der Waals surface area contributed by atoms with Crippen LogP contribution in [0.4, 0.5) is 5.69 Å². The Hall–Kier alpha value is -3.94. The molecule has 1 aliphatic carbocycles. The van der Waals surface area contributed by atoms with Gasteiger partial charge in [0.25, 0.3) is 10.1 Å². The summed E-state index contributed by atoms with van der Waals surface area (Å²) in [6.45, 7) is 1.86. The van der Waals surface area contributed by atoms with Crippen LogP contribution in [0.2, 0.25) is 0 Å². The fourth-order valence-electron chi connectivity index (χ4n) is 4.70. The molecule has 0 amide bonds. The van der Waals surface area contributed by atoms with Crippen LogP contribution in [-0.2, 0) is 39.1 Å².